The Bertz CT molecular complexity index is 599. The molecule has 1 saturated carbocycles. The Morgan fingerprint density at radius 3 is 2.64 bits per heavy atom. The molecule has 0 bridgehead atoms. The number of nitrogens with one attached hydrogen (secondary N) is 1. The molecule has 7 nitrogen and oxygen atoms in total. The zero-order chi connectivity index (χ0) is 16.3. The molecule has 4 N–H and O–H groups in total. The summed E-state index contributed by atoms with van der Waals surface area (Å²) in [6, 6.07) is 2.82. The second-order valence-electron chi connectivity index (χ2n) is 5.80. The van der Waals surface area contributed by atoms with Crippen LogP contribution in [-0.2, 0) is 4.79 Å². The summed E-state index contributed by atoms with van der Waals surface area (Å²) >= 11 is 0. The summed E-state index contributed by atoms with van der Waals surface area (Å²) in [5.74, 6) is -2.59. The van der Waals surface area contributed by atoms with Crippen LogP contribution in [0.4, 0.5) is 0 Å². The highest BCUT2D eigenvalue weighted by Crippen LogP contribution is 2.34. The van der Waals surface area contributed by atoms with Crippen LogP contribution in [0.15, 0.2) is 18.3 Å². The average Bonchev–Trinajstić information content (AvgIpc) is 2.47. The minimum atomic E-state index is -0.903. The van der Waals surface area contributed by atoms with Crippen molar-refractivity contribution in [2.75, 3.05) is 0 Å². The summed E-state index contributed by atoms with van der Waals surface area (Å²) in [5, 5.41) is 12.1. The lowest BCUT2D eigenvalue weighted by molar-refractivity contribution is -0.145. The van der Waals surface area contributed by atoms with Crippen molar-refractivity contribution in [3.63, 3.8) is 0 Å². The molecule has 1 fully saturated rings. The zero-order valence-electron chi connectivity index (χ0n) is 12.3. The first-order valence-corrected chi connectivity index (χ1v) is 7.14. The second-order valence-corrected chi connectivity index (χ2v) is 5.80. The number of nitrogens with zero attached hydrogens (tertiary/aromatic N) is 1. The first kappa shape index (κ1) is 15.9. The van der Waals surface area contributed by atoms with Gasteiger partial charge in [-0.2, -0.15) is 0 Å². The molecule has 0 aliphatic heterocycles. The van der Waals surface area contributed by atoms with E-state index < -0.39 is 29.2 Å². The van der Waals surface area contributed by atoms with E-state index in [1.807, 2.05) is 0 Å². The first-order valence-electron chi connectivity index (χ1n) is 7.14. The van der Waals surface area contributed by atoms with Crippen molar-refractivity contribution in [1.82, 2.24) is 10.3 Å². The first-order chi connectivity index (χ1) is 10.3. The predicted molar refractivity (Wildman–Crippen MR) is 78.2 cm³/mol. The summed E-state index contributed by atoms with van der Waals surface area (Å²) in [7, 11) is 0. The molecular formula is C15H19N3O4. The van der Waals surface area contributed by atoms with E-state index >= 15 is 0 Å². The maximum atomic E-state index is 12.3. The van der Waals surface area contributed by atoms with Gasteiger partial charge in [-0.25, -0.2) is 0 Å². The van der Waals surface area contributed by atoms with Crippen LogP contribution in [0.3, 0.4) is 0 Å². The van der Waals surface area contributed by atoms with Crippen LogP contribution < -0.4 is 11.1 Å². The molecule has 1 heterocycles. The van der Waals surface area contributed by atoms with Crippen LogP contribution in [0.25, 0.3) is 0 Å². The van der Waals surface area contributed by atoms with Crippen LogP contribution in [-0.4, -0.2) is 33.4 Å². The Hall–Kier alpha value is -2.44. The van der Waals surface area contributed by atoms with Gasteiger partial charge < -0.3 is 16.2 Å². The Kier molecular flexibility index (Phi) is 4.44. The molecule has 1 aliphatic carbocycles. The second kappa shape index (κ2) is 6.13. The molecule has 2 rings (SSSR count). The molecule has 2 atom stereocenters. The molecule has 2 amide bonds. The van der Waals surface area contributed by atoms with E-state index in [2.05, 4.69) is 10.3 Å². The third-order valence-electron chi connectivity index (χ3n) is 4.19. The Labute approximate surface area is 127 Å². The standard InChI is InChI=1S/C15H19N3O4/c1-15(7-3-2-4-10(15)14(21)22)18-13(20)11-6-5-9(8-17-11)12(16)19/h5-6,8,10H,2-4,7H2,1H3,(H2,16,19)(H,18,20)(H,21,22). The molecule has 1 aliphatic rings. The van der Waals surface area contributed by atoms with Gasteiger partial charge in [0.05, 0.1) is 17.0 Å². The molecule has 22 heavy (non-hydrogen) atoms. The number of hydrogen-bond acceptors (Lipinski definition) is 4. The maximum absolute atomic E-state index is 12.3. The maximum Gasteiger partial charge on any atom is 0.308 e. The predicted octanol–water partition coefficient (Wildman–Crippen LogP) is 0.944. The number of pyridine rings is 1. The fourth-order valence-corrected chi connectivity index (χ4v) is 2.88. The monoisotopic (exact) mass is 305 g/mol. The van der Waals surface area contributed by atoms with Crippen molar-refractivity contribution in [3.8, 4) is 0 Å². The van der Waals surface area contributed by atoms with E-state index in [9.17, 15) is 19.5 Å². The van der Waals surface area contributed by atoms with Gasteiger partial charge in [0.25, 0.3) is 5.91 Å². The Morgan fingerprint density at radius 2 is 2.09 bits per heavy atom. The summed E-state index contributed by atoms with van der Waals surface area (Å²) in [4.78, 5) is 38.6. The SMILES string of the molecule is CC1(NC(=O)c2ccc(C(N)=O)cn2)CCCCC1C(=O)O. The van der Waals surface area contributed by atoms with Crippen LogP contribution in [0.1, 0.15) is 53.5 Å². The van der Waals surface area contributed by atoms with Crippen LogP contribution >= 0.6 is 0 Å². The highest BCUT2D eigenvalue weighted by atomic mass is 16.4. The van der Waals surface area contributed by atoms with Gasteiger partial charge in [-0.05, 0) is 31.9 Å². The molecule has 1 aromatic heterocycles. The lowest BCUT2D eigenvalue weighted by atomic mass is 9.74. The van der Waals surface area contributed by atoms with Gasteiger partial charge in [-0.1, -0.05) is 12.8 Å². The van der Waals surface area contributed by atoms with Gasteiger partial charge in [0.2, 0.25) is 5.91 Å². The summed E-state index contributed by atoms with van der Waals surface area (Å²) in [5.41, 5.74) is 4.65. The highest BCUT2D eigenvalue weighted by molar-refractivity contribution is 5.95. The summed E-state index contributed by atoms with van der Waals surface area (Å²) in [6.45, 7) is 1.75. The Morgan fingerprint density at radius 1 is 1.36 bits per heavy atom. The van der Waals surface area contributed by atoms with Gasteiger partial charge in [-0.15, -0.1) is 0 Å². The largest absolute Gasteiger partial charge is 0.481 e. The quantitative estimate of drug-likeness (QED) is 0.764. The van der Waals surface area contributed by atoms with Gasteiger partial charge in [0, 0.05) is 6.20 Å². The summed E-state index contributed by atoms with van der Waals surface area (Å²) < 4.78 is 0. The molecule has 0 aromatic carbocycles. The number of aromatic nitrogens is 1. The third kappa shape index (κ3) is 3.24. The van der Waals surface area contributed by atoms with E-state index in [0.717, 1.165) is 12.8 Å². The van der Waals surface area contributed by atoms with Crippen molar-refractivity contribution in [3.05, 3.63) is 29.6 Å². The number of carbonyl (C=O) groups is 3. The minimum absolute atomic E-state index is 0.126. The van der Waals surface area contributed by atoms with Crippen LogP contribution in [0.2, 0.25) is 0 Å². The zero-order valence-corrected chi connectivity index (χ0v) is 12.3. The summed E-state index contributed by atoms with van der Waals surface area (Å²) in [6.07, 6.45) is 4.09. The van der Waals surface area contributed by atoms with Crippen LogP contribution in [0.5, 0.6) is 0 Å². The van der Waals surface area contributed by atoms with E-state index in [4.69, 9.17) is 5.73 Å². The number of rotatable bonds is 4. The molecule has 0 spiro atoms. The van der Waals surface area contributed by atoms with Crippen molar-refractivity contribution >= 4 is 17.8 Å². The average molecular weight is 305 g/mol. The van der Waals surface area contributed by atoms with Crippen molar-refractivity contribution in [1.29, 1.82) is 0 Å². The number of aliphatic carboxylic acids is 1. The lowest BCUT2D eigenvalue weighted by Crippen LogP contribution is -2.55. The molecule has 0 radical (unpaired) electrons. The topological polar surface area (TPSA) is 122 Å². The smallest absolute Gasteiger partial charge is 0.308 e. The molecule has 118 valence electrons. The lowest BCUT2D eigenvalue weighted by Gasteiger charge is -2.39. The fraction of sp³-hybridized carbons (Fsp3) is 0.467. The fourth-order valence-electron chi connectivity index (χ4n) is 2.88. The number of primary amides is 1. The number of carboxylic acids is 1. The number of amides is 2. The van der Waals surface area contributed by atoms with Crippen molar-refractivity contribution in [2.24, 2.45) is 11.7 Å². The number of nitrogens with two attached hydrogens (primary N) is 1. The van der Waals surface area contributed by atoms with Crippen LogP contribution in [0, 0.1) is 5.92 Å². The molecular weight excluding hydrogens is 286 g/mol. The molecule has 2 unspecified atom stereocenters. The normalized spacial score (nSPS) is 24.5. The van der Waals surface area contributed by atoms with Gasteiger partial charge in [0.1, 0.15) is 5.69 Å². The van der Waals surface area contributed by atoms with Gasteiger partial charge in [-0.3, -0.25) is 19.4 Å². The van der Waals surface area contributed by atoms with E-state index in [-0.39, 0.29) is 11.3 Å². The number of hydrogen-bond donors (Lipinski definition) is 3. The Balaban J connectivity index is 2.15. The minimum Gasteiger partial charge on any atom is -0.481 e. The van der Waals surface area contributed by atoms with Crippen molar-refractivity contribution in [2.45, 2.75) is 38.1 Å². The third-order valence-corrected chi connectivity index (χ3v) is 4.19. The van der Waals surface area contributed by atoms with Gasteiger partial charge in [0.15, 0.2) is 0 Å². The van der Waals surface area contributed by atoms with E-state index in [1.54, 1.807) is 6.92 Å². The molecule has 7 heteroatoms. The van der Waals surface area contributed by atoms with Crippen molar-refractivity contribution < 1.29 is 19.5 Å². The molecule has 1 aromatic rings. The number of carbonyl (C=O) groups excluding carboxylic acids is 2. The number of carboxylic acid groups (broad SMARTS) is 1. The highest BCUT2D eigenvalue weighted by Gasteiger charge is 2.42. The van der Waals surface area contributed by atoms with Gasteiger partial charge >= 0.3 is 5.97 Å². The molecule has 0 saturated heterocycles. The van der Waals surface area contributed by atoms with E-state index in [0.29, 0.717) is 12.8 Å². The van der Waals surface area contributed by atoms with E-state index in [1.165, 1.54) is 18.3 Å².